The molecule has 2 aromatic rings. The smallest absolute Gasteiger partial charge is 0.354 e. The van der Waals surface area contributed by atoms with E-state index in [1.165, 1.54) is 36.5 Å². The molecule has 0 aliphatic heterocycles. The summed E-state index contributed by atoms with van der Waals surface area (Å²) in [6, 6.07) is 7.08. The molecular weight excluding hydrogens is 264 g/mol. The van der Waals surface area contributed by atoms with Gasteiger partial charge < -0.3 is 9.84 Å². The van der Waals surface area contributed by atoms with Crippen molar-refractivity contribution in [1.29, 1.82) is 0 Å². The topological polar surface area (TPSA) is 103 Å². The Morgan fingerprint density at radius 1 is 1.30 bits per heavy atom. The summed E-state index contributed by atoms with van der Waals surface area (Å²) in [5.74, 6) is -0.475. The third-order valence-electron chi connectivity index (χ3n) is 2.55. The van der Waals surface area contributed by atoms with E-state index in [0.717, 1.165) is 0 Å². The molecule has 0 aliphatic rings. The van der Waals surface area contributed by atoms with Gasteiger partial charge in [-0.3, -0.25) is 10.1 Å². The molecular formula is C13H10N2O5. The summed E-state index contributed by atoms with van der Waals surface area (Å²) in [4.78, 5) is 24.7. The number of rotatable bonds is 4. The highest BCUT2D eigenvalue weighted by Crippen LogP contribution is 2.27. The van der Waals surface area contributed by atoms with Crippen molar-refractivity contribution in [1.82, 2.24) is 4.98 Å². The lowest BCUT2D eigenvalue weighted by Crippen LogP contribution is -1.99. The van der Waals surface area contributed by atoms with E-state index in [-0.39, 0.29) is 11.4 Å². The van der Waals surface area contributed by atoms with Crippen LogP contribution in [0.25, 0.3) is 0 Å². The van der Waals surface area contributed by atoms with Gasteiger partial charge in [0.25, 0.3) is 5.69 Å². The number of aromatic carboxylic acids is 1. The van der Waals surface area contributed by atoms with E-state index in [1.807, 2.05) is 0 Å². The number of nitro benzene ring substituents is 1. The van der Waals surface area contributed by atoms with Crippen LogP contribution in [0.4, 0.5) is 5.69 Å². The van der Waals surface area contributed by atoms with Crippen LogP contribution in [0.3, 0.4) is 0 Å². The Morgan fingerprint density at radius 3 is 2.60 bits per heavy atom. The van der Waals surface area contributed by atoms with Crippen molar-refractivity contribution in [3.05, 3.63) is 57.9 Å². The molecule has 1 heterocycles. The zero-order valence-electron chi connectivity index (χ0n) is 10.4. The molecule has 0 spiro atoms. The maximum absolute atomic E-state index is 10.8. The average molecular weight is 274 g/mol. The fourth-order valence-corrected chi connectivity index (χ4v) is 1.62. The van der Waals surface area contributed by atoms with Crippen molar-refractivity contribution in [3.63, 3.8) is 0 Å². The van der Waals surface area contributed by atoms with E-state index in [1.54, 1.807) is 6.92 Å². The van der Waals surface area contributed by atoms with Crippen LogP contribution < -0.4 is 4.74 Å². The van der Waals surface area contributed by atoms with Crippen LogP contribution in [0.15, 0.2) is 36.5 Å². The number of aromatic nitrogens is 1. The van der Waals surface area contributed by atoms with Crippen molar-refractivity contribution >= 4 is 11.7 Å². The third kappa shape index (κ3) is 2.89. The molecule has 1 aromatic heterocycles. The molecule has 0 fully saturated rings. The number of nitro groups is 1. The molecule has 1 aromatic carbocycles. The Hall–Kier alpha value is -2.96. The largest absolute Gasteiger partial charge is 0.477 e. The van der Waals surface area contributed by atoms with Crippen LogP contribution >= 0.6 is 0 Å². The molecule has 1 N–H and O–H groups in total. The highest BCUT2D eigenvalue weighted by Gasteiger charge is 2.12. The Morgan fingerprint density at radius 2 is 2.00 bits per heavy atom. The maximum Gasteiger partial charge on any atom is 0.354 e. The Labute approximate surface area is 113 Å². The van der Waals surface area contributed by atoms with Gasteiger partial charge in [0.2, 0.25) is 0 Å². The summed E-state index contributed by atoms with van der Waals surface area (Å²) in [5, 5.41) is 19.5. The second-order valence-corrected chi connectivity index (χ2v) is 3.99. The first-order valence-corrected chi connectivity index (χ1v) is 5.59. The molecule has 7 heteroatoms. The minimum Gasteiger partial charge on any atom is -0.477 e. The lowest BCUT2D eigenvalue weighted by atomic mass is 10.2. The Bertz CT molecular complexity index is 684. The van der Waals surface area contributed by atoms with E-state index < -0.39 is 10.9 Å². The number of aryl methyl sites for hydroxylation is 1. The number of hydrogen-bond acceptors (Lipinski definition) is 5. The first-order valence-electron chi connectivity index (χ1n) is 5.59. The zero-order chi connectivity index (χ0) is 14.7. The summed E-state index contributed by atoms with van der Waals surface area (Å²) in [6.45, 7) is 1.60. The number of hydrogen-bond donors (Lipinski definition) is 1. The summed E-state index contributed by atoms with van der Waals surface area (Å²) < 4.78 is 5.46. The molecule has 0 saturated heterocycles. The minimum atomic E-state index is -1.16. The van der Waals surface area contributed by atoms with Crippen LogP contribution in [0.5, 0.6) is 11.5 Å². The van der Waals surface area contributed by atoms with E-state index in [9.17, 15) is 14.9 Å². The van der Waals surface area contributed by atoms with E-state index in [4.69, 9.17) is 9.84 Å². The SMILES string of the molecule is Cc1cc(Oc2ccnc(C(=O)O)c2)ccc1[N+](=O)[O-]. The molecule has 0 aliphatic carbocycles. The normalized spacial score (nSPS) is 10.1. The van der Waals surface area contributed by atoms with Gasteiger partial charge in [-0.05, 0) is 25.1 Å². The number of carboxylic acids is 1. The Kier molecular flexibility index (Phi) is 3.60. The molecule has 102 valence electrons. The van der Waals surface area contributed by atoms with Gasteiger partial charge in [-0.15, -0.1) is 0 Å². The van der Waals surface area contributed by atoms with Gasteiger partial charge in [-0.1, -0.05) is 0 Å². The fourth-order valence-electron chi connectivity index (χ4n) is 1.62. The molecule has 0 saturated carbocycles. The molecule has 2 rings (SSSR count). The van der Waals surface area contributed by atoms with Crippen LogP contribution in [0, 0.1) is 17.0 Å². The third-order valence-corrected chi connectivity index (χ3v) is 2.55. The molecule has 20 heavy (non-hydrogen) atoms. The lowest BCUT2D eigenvalue weighted by Gasteiger charge is -2.07. The van der Waals surface area contributed by atoms with Gasteiger partial charge in [0.05, 0.1) is 4.92 Å². The number of nitrogens with zero attached hydrogens (tertiary/aromatic N) is 2. The van der Waals surface area contributed by atoms with Crippen molar-refractivity contribution in [2.45, 2.75) is 6.92 Å². The molecule has 0 bridgehead atoms. The molecule has 7 nitrogen and oxygen atoms in total. The first-order chi connectivity index (χ1) is 9.47. The summed E-state index contributed by atoms with van der Waals surface area (Å²) in [6.07, 6.45) is 1.32. The molecule has 0 radical (unpaired) electrons. The molecule has 0 amide bonds. The van der Waals surface area contributed by atoms with E-state index >= 15 is 0 Å². The maximum atomic E-state index is 10.8. The summed E-state index contributed by atoms with van der Waals surface area (Å²) in [7, 11) is 0. The standard InChI is InChI=1S/C13H10N2O5/c1-8-6-9(2-3-12(8)15(18)19)20-10-4-5-14-11(7-10)13(16)17/h2-7H,1H3,(H,16,17). The Balaban J connectivity index is 2.26. The van der Waals surface area contributed by atoms with Gasteiger partial charge in [0.15, 0.2) is 5.69 Å². The number of carboxylic acid groups (broad SMARTS) is 1. The monoisotopic (exact) mass is 274 g/mol. The second kappa shape index (κ2) is 5.35. The quantitative estimate of drug-likeness (QED) is 0.679. The number of ether oxygens (including phenoxy) is 1. The fraction of sp³-hybridized carbons (Fsp3) is 0.0769. The minimum absolute atomic E-state index is 0.00157. The lowest BCUT2D eigenvalue weighted by molar-refractivity contribution is -0.385. The van der Waals surface area contributed by atoms with Crippen molar-refractivity contribution in [2.75, 3.05) is 0 Å². The average Bonchev–Trinajstić information content (AvgIpc) is 2.38. The predicted octanol–water partition coefficient (Wildman–Crippen LogP) is 2.79. The van der Waals surface area contributed by atoms with Crippen LogP contribution in [-0.4, -0.2) is 21.0 Å². The second-order valence-electron chi connectivity index (χ2n) is 3.99. The number of benzene rings is 1. The van der Waals surface area contributed by atoms with Crippen molar-refractivity contribution in [2.24, 2.45) is 0 Å². The van der Waals surface area contributed by atoms with Crippen LogP contribution in [0.2, 0.25) is 0 Å². The van der Waals surface area contributed by atoms with E-state index in [0.29, 0.717) is 17.1 Å². The predicted molar refractivity (Wildman–Crippen MR) is 69.1 cm³/mol. The van der Waals surface area contributed by atoms with Gasteiger partial charge in [0, 0.05) is 23.9 Å². The number of pyridine rings is 1. The zero-order valence-corrected chi connectivity index (χ0v) is 10.4. The van der Waals surface area contributed by atoms with E-state index in [2.05, 4.69) is 4.98 Å². The van der Waals surface area contributed by atoms with Gasteiger partial charge in [0.1, 0.15) is 11.5 Å². The summed E-state index contributed by atoms with van der Waals surface area (Å²) in [5.41, 5.74) is 0.319. The first kappa shape index (κ1) is 13.5. The van der Waals surface area contributed by atoms with Crippen molar-refractivity contribution in [3.8, 4) is 11.5 Å². The summed E-state index contributed by atoms with van der Waals surface area (Å²) >= 11 is 0. The molecule has 0 atom stereocenters. The number of carbonyl (C=O) groups is 1. The van der Waals surface area contributed by atoms with Gasteiger partial charge in [-0.25, -0.2) is 9.78 Å². The van der Waals surface area contributed by atoms with Crippen LogP contribution in [-0.2, 0) is 0 Å². The highest BCUT2D eigenvalue weighted by atomic mass is 16.6. The van der Waals surface area contributed by atoms with Gasteiger partial charge >= 0.3 is 5.97 Å². The van der Waals surface area contributed by atoms with Gasteiger partial charge in [-0.2, -0.15) is 0 Å². The van der Waals surface area contributed by atoms with Crippen molar-refractivity contribution < 1.29 is 19.6 Å². The highest BCUT2D eigenvalue weighted by molar-refractivity contribution is 5.85. The molecule has 0 unspecified atom stereocenters. The van der Waals surface area contributed by atoms with Crippen LogP contribution in [0.1, 0.15) is 16.1 Å².